The van der Waals surface area contributed by atoms with Gasteiger partial charge >= 0.3 is 41.3 Å². The summed E-state index contributed by atoms with van der Waals surface area (Å²) in [4.78, 5) is 31.7. The van der Waals surface area contributed by atoms with E-state index in [9.17, 15) is 14.4 Å². The Morgan fingerprint density at radius 3 is 1.14 bits per heavy atom. The van der Waals surface area contributed by atoms with E-state index in [-0.39, 0.29) is 0 Å². The topological polar surface area (TPSA) is 51.2 Å². The second-order valence-electron chi connectivity index (χ2n) is 0.515. The molecule has 0 amide bonds. The summed E-state index contributed by atoms with van der Waals surface area (Å²) in [6.07, 6.45) is 0. The van der Waals surface area contributed by atoms with E-state index in [1.54, 1.807) is 0 Å². The molecule has 0 saturated heterocycles. The van der Waals surface area contributed by atoms with E-state index in [2.05, 4.69) is 0 Å². The van der Waals surface area contributed by atoms with E-state index in [4.69, 9.17) is 0 Å². The Morgan fingerprint density at radius 2 is 1.14 bits per heavy atom. The number of rotatable bonds is 0. The van der Waals surface area contributed by atoms with E-state index in [0.717, 1.165) is 0 Å². The fourth-order valence-corrected chi connectivity index (χ4v) is 0.195. The minimum atomic E-state index is -2.30. The fraction of sp³-hybridized carbons (Fsp3) is 0. The molecule has 0 aromatic rings. The van der Waals surface area contributed by atoms with Gasteiger partial charge in [-0.05, 0) is 0 Å². The van der Waals surface area contributed by atoms with Gasteiger partial charge in [0.25, 0.3) is 0 Å². The Kier molecular flexibility index (Phi) is 3.08. The van der Waals surface area contributed by atoms with Crippen LogP contribution in [0.4, 0.5) is 0 Å². The van der Waals surface area contributed by atoms with Crippen molar-refractivity contribution in [2.24, 2.45) is 0 Å². The third kappa shape index (κ3) is 2.02. The van der Waals surface area contributed by atoms with Gasteiger partial charge in [-0.2, -0.15) is 0 Å². The number of hydrogen-bond donors (Lipinski definition) is 0. The Labute approximate surface area is 42.1 Å². The van der Waals surface area contributed by atoms with Gasteiger partial charge in [0.15, 0.2) is 0 Å². The standard InChI is InChI=1S/3CO.Mn/c3*1-2;/q;;;+1. The van der Waals surface area contributed by atoms with Crippen LogP contribution in [0.1, 0.15) is 0 Å². The molecule has 0 atom stereocenters. The summed E-state index contributed by atoms with van der Waals surface area (Å²) in [6, 6.07) is 0. The normalized spacial score (nSPS) is 5.14. The molecule has 0 radical (unpaired) electrons. The van der Waals surface area contributed by atoms with Crippen molar-refractivity contribution < 1.29 is 27.0 Å². The van der Waals surface area contributed by atoms with Crippen molar-refractivity contribution in [1.29, 1.82) is 0 Å². The molecule has 0 aromatic heterocycles. The van der Waals surface area contributed by atoms with Crippen molar-refractivity contribution in [1.82, 2.24) is 0 Å². The van der Waals surface area contributed by atoms with Gasteiger partial charge in [-0.15, -0.1) is 0 Å². The molecule has 0 aromatic carbocycles. The molecule has 0 saturated carbocycles. The first kappa shape index (κ1) is 6.26. The molecule has 0 aliphatic heterocycles. The maximum atomic E-state index is 9.36. The average molecular weight is 139 g/mol. The van der Waals surface area contributed by atoms with Crippen molar-refractivity contribution in [3.8, 4) is 0 Å². The van der Waals surface area contributed by atoms with Crippen LogP contribution in [0.15, 0.2) is 0 Å². The molecular weight excluding hydrogens is 139 g/mol. The summed E-state index contributed by atoms with van der Waals surface area (Å²) >= 11 is -2.30. The summed E-state index contributed by atoms with van der Waals surface area (Å²) in [5, 5.41) is 0. The van der Waals surface area contributed by atoms with Gasteiger partial charge in [-0.3, -0.25) is 0 Å². The molecule has 0 fully saturated rings. The van der Waals surface area contributed by atoms with Crippen molar-refractivity contribution in [3.05, 3.63) is 0 Å². The molecule has 36 valence electrons. The van der Waals surface area contributed by atoms with Crippen molar-refractivity contribution in [2.75, 3.05) is 0 Å². The first-order chi connectivity index (χ1) is 3.35. The van der Waals surface area contributed by atoms with Crippen LogP contribution < -0.4 is 0 Å². The zero-order valence-electron chi connectivity index (χ0n) is 3.10. The summed E-state index contributed by atoms with van der Waals surface area (Å²) in [5.41, 5.74) is 0. The molecule has 0 unspecified atom stereocenters. The number of carbonyl (C=O) groups excluding carboxylic acids is 3. The van der Waals surface area contributed by atoms with Crippen LogP contribution in [-0.2, 0) is 27.0 Å². The molecule has 0 N–H and O–H groups in total. The molecular formula is C3MnO3+. The van der Waals surface area contributed by atoms with Crippen LogP contribution in [0.25, 0.3) is 0 Å². The molecule has 3 nitrogen and oxygen atoms in total. The van der Waals surface area contributed by atoms with E-state index in [1.807, 2.05) is 0 Å². The van der Waals surface area contributed by atoms with Crippen LogP contribution >= 0.6 is 0 Å². The van der Waals surface area contributed by atoms with Gasteiger partial charge in [0.05, 0.1) is 0 Å². The Balaban J connectivity index is 5.98. The second kappa shape index (κ2) is 3.45. The van der Waals surface area contributed by atoms with Crippen LogP contribution in [0, 0.1) is 0 Å². The predicted octanol–water partition coefficient (Wildman–Crippen LogP) is -1.19. The molecule has 0 aliphatic rings. The van der Waals surface area contributed by atoms with Gasteiger partial charge in [-0.1, -0.05) is 0 Å². The SMILES string of the molecule is O=[C]=[Mn+](=[C]=O)=[C]=O. The first-order valence-electron chi connectivity index (χ1n) is 1.18. The predicted molar refractivity (Wildman–Crippen MR) is 17.1 cm³/mol. The van der Waals surface area contributed by atoms with Crippen LogP contribution in [0.5, 0.6) is 0 Å². The van der Waals surface area contributed by atoms with Gasteiger partial charge in [0.1, 0.15) is 0 Å². The molecule has 4 heteroatoms. The molecule has 0 rings (SSSR count). The Bertz CT molecular complexity index is 209. The summed E-state index contributed by atoms with van der Waals surface area (Å²) < 4.78 is 0. The van der Waals surface area contributed by atoms with E-state index in [1.165, 1.54) is 14.4 Å². The van der Waals surface area contributed by atoms with Crippen LogP contribution in [0.3, 0.4) is 0 Å². The summed E-state index contributed by atoms with van der Waals surface area (Å²) in [5.74, 6) is 0. The van der Waals surface area contributed by atoms with Gasteiger partial charge in [0, 0.05) is 0 Å². The molecule has 0 heterocycles. The monoisotopic (exact) mass is 139 g/mol. The van der Waals surface area contributed by atoms with Crippen LogP contribution in [-0.4, -0.2) is 14.4 Å². The molecule has 7 heavy (non-hydrogen) atoms. The van der Waals surface area contributed by atoms with Gasteiger partial charge in [0.2, 0.25) is 0 Å². The quantitative estimate of drug-likeness (QED) is 0.396. The van der Waals surface area contributed by atoms with E-state index < -0.39 is 12.6 Å². The zero-order chi connectivity index (χ0) is 5.70. The van der Waals surface area contributed by atoms with Crippen molar-refractivity contribution in [3.63, 3.8) is 0 Å². The fourth-order valence-electron chi connectivity index (χ4n) is 0.0472. The van der Waals surface area contributed by atoms with E-state index in [0.29, 0.717) is 0 Å². The second-order valence-corrected chi connectivity index (χ2v) is 2.12. The molecule has 0 bridgehead atoms. The molecule has 0 spiro atoms. The van der Waals surface area contributed by atoms with Gasteiger partial charge < -0.3 is 0 Å². The first-order valence-corrected chi connectivity index (χ1v) is 2.95. The van der Waals surface area contributed by atoms with Crippen molar-refractivity contribution in [2.45, 2.75) is 0 Å². The maximum absolute atomic E-state index is 9.36. The minimum absolute atomic E-state index is 1.21. The summed E-state index contributed by atoms with van der Waals surface area (Å²) in [7, 11) is 0. The third-order valence-electron chi connectivity index (χ3n) is 0.231. The Morgan fingerprint density at radius 1 is 0.857 bits per heavy atom. The third-order valence-corrected chi connectivity index (χ3v) is 0.954. The zero-order valence-corrected chi connectivity index (χ0v) is 4.28. The van der Waals surface area contributed by atoms with Crippen LogP contribution in [0.2, 0.25) is 0 Å². The molecule has 0 aliphatic carbocycles. The Hall–Kier alpha value is -0.741. The average Bonchev–Trinajstić information content (AvgIpc) is 1.72. The van der Waals surface area contributed by atoms with E-state index >= 15 is 0 Å². The number of hydrogen-bond acceptors (Lipinski definition) is 3. The summed E-state index contributed by atoms with van der Waals surface area (Å²) in [6.45, 7) is 0. The van der Waals surface area contributed by atoms with Crippen molar-refractivity contribution >= 4 is 14.4 Å². The van der Waals surface area contributed by atoms with Gasteiger partial charge in [-0.25, -0.2) is 0 Å².